The van der Waals surface area contributed by atoms with Crippen LogP contribution in [0, 0.1) is 0 Å². The molecule has 2 aromatic carbocycles. The first-order valence-corrected chi connectivity index (χ1v) is 10.1. The molecule has 26 heavy (non-hydrogen) atoms. The number of ether oxygens (including phenoxy) is 1. The van der Waals surface area contributed by atoms with Crippen molar-refractivity contribution in [3.05, 3.63) is 64.7 Å². The third-order valence-corrected chi connectivity index (χ3v) is 5.23. The van der Waals surface area contributed by atoms with E-state index in [2.05, 4.69) is 5.32 Å². The second kappa shape index (κ2) is 9.02. The van der Waals surface area contributed by atoms with Crippen LogP contribution in [0.2, 0.25) is 5.02 Å². The van der Waals surface area contributed by atoms with E-state index >= 15 is 0 Å². The zero-order chi connectivity index (χ0) is 19.2. The number of benzene rings is 2. The minimum Gasteiger partial charge on any atom is -0.496 e. The molecule has 8 heteroatoms. The summed E-state index contributed by atoms with van der Waals surface area (Å²) < 4.78 is 30.7. The van der Waals surface area contributed by atoms with Gasteiger partial charge in [0.15, 0.2) is 0 Å². The summed E-state index contributed by atoms with van der Waals surface area (Å²) in [4.78, 5) is 12.1. The molecule has 0 saturated carbocycles. The molecule has 2 rings (SSSR count). The predicted octanol–water partition coefficient (Wildman–Crippen LogP) is 2.54. The average molecular weight is 397 g/mol. The van der Waals surface area contributed by atoms with E-state index in [1.807, 2.05) is 18.2 Å². The van der Waals surface area contributed by atoms with E-state index < -0.39 is 10.0 Å². The number of nitrogens with one attached hydrogen (secondary N) is 1. The van der Waals surface area contributed by atoms with E-state index in [1.54, 1.807) is 30.3 Å². The number of para-hydroxylation sites is 1. The molecular formula is C18H21ClN2O4S. The molecule has 0 aromatic heterocycles. The fraction of sp³-hybridized carbons (Fsp3) is 0.278. The first-order valence-electron chi connectivity index (χ1n) is 7.92. The molecule has 0 heterocycles. The van der Waals surface area contributed by atoms with Crippen molar-refractivity contribution in [2.24, 2.45) is 0 Å². The van der Waals surface area contributed by atoms with Crippen LogP contribution < -0.4 is 10.1 Å². The second-order valence-corrected chi connectivity index (χ2v) is 8.09. The van der Waals surface area contributed by atoms with Crippen molar-refractivity contribution in [3.63, 3.8) is 0 Å². The Labute approximate surface area is 158 Å². The van der Waals surface area contributed by atoms with Crippen LogP contribution in [0.25, 0.3) is 0 Å². The van der Waals surface area contributed by atoms with Gasteiger partial charge in [0.25, 0.3) is 5.91 Å². The highest BCUT2D eigenvalue weighted by molar-refractivity contribution is 7.88. The maximum atomic E-state index is 12.1. The summed E-state index contributed by atoms with van der Waals surface area (Å²) in [5.41, 5.74) is 1.18. The van der Waals surface area contributed by atoms with Gasteiger partial charge in [0, 0.05) is 35.8 Å². The lowest BCUT2D eigenvalue weighted by Crippen LogP contribution is -2.37. The van der Waals surface area contributed by atoms with Crippen LogP contribution in [0.1, 0.15) is 15.9 Å². The van der Waals surface area contributed by atoms with Crippen LogP contribution in [-0.4, -0.2) is 45.1 Å². The Bertz CT molecular complexity index is 871. The molecule has 6 nitrogen and oxygen atoms in total. The highest BCUT2D eigenvalue weighted by Crippen LogP contribution is 2.20. The molecule has 0 bridgehead atoms. The van der Waals surface area contributed by atoms with Crippen molar-refractivity contribution < 1.29 is 17.9 Å². The van der Waals surface area contributed by atoms with Gasteiger partial charge in [-0.3, -0.25) is 4.79 Å². The lowest BCUT2D eigenvalue weighted by Gasteiger charge is -2.21. The molecule has 0 atom stereocenters. The summed E-state index contributed by atoms with van der Waals surface area (Å²) in [5.74, 6) is 0.308. The zero-order valence-corrected chi connectivity index (χ0v) is 16.2. The van der Waals surface area contributed by atoms with E-state index in [4.69, 9.17) is 16.3 Å². The summed E-state index contributed by atoms with van der Waals surface area (Å²) in [5, 5.41) is 3.17. The quantitative estimate of drug-likeness (QED) is 0.744. The van der Waals surface area contributed by atoms with Crippen LogP contribution in [0.3, 0.4) is 0 Å². The van der Waals surface area contributed by atoms with Crippen molar-refractivity contribution >= 4 is 27.5 Å². The van der Waals surface area contributed by atoms with Gasteiger partial charge in [-0.1, -0.05) is 35.9 Å². The predicted molar refractivity (Wildman–Crippen MR) is 102 cm³/mol. The minimum atomic E-state index is -3.45. The zero-order valence-electron chi connectivity index (χ0n) is 14.6. The number of methoxy groups -OCH3 is 1. The summed E-state index contributed by atoms with van der Waals surface area (Å²) >= 11 is 5.87. The van der Waals surface area contributed by atoms with E-state index in [-0.39, 0.29) is 25.5 Å². The van der Waals surface area contributed by atoms with Gasteiger partial charge in [-0.2, -0.15) is 4.31 Å². The lowest BCUT2D eigenvalue weighted by atomic mass is 10.2. The number of sulfonamides is 1. The van der Waals surface area contributed by atoms with Crippen molar-refractivity contribution in [1.29, 1.82) is 0 Å². The number of hydrogen-bond acceptors (Lipinski definition) is 4. The van der Waals surface area contributed by atoms with Gasteiger partial charge in [0.05, 0.1) is 13.4 Å². The molecule has 0 aliphatic heterocycles. The van der Waals surface area contributed by atoms with Gasteiger partial charge in [0.1, 0.15) is 5.75 Å². The lowest BCUT2D eigenvalue weighted by molar-refractivity contribution is 0.0951. The first-order chi connectivity index (χ1) is 12.3. The number of hydrogen-bond donors (Lipinski definition) is 1. The molecule has 1 N–H and O–H groups in total. The topological polar surface area (TPSA) is 75.7 Å². The van der Waals surface area contributed by atoms with Gasteiger partial charge in [-0.05, 0) is 24.3 Å². The third kappa shape index (κ3) is 5.72. The SMILES string of the molecule is COc1ccccc1CN(CCNC(=O)c1cccc(Cl)c1)S(C)(=O)=O. The fourth-order valence-corrected chi connectivity index (χ4v) is 3.40. The van der Waals surface area contributed by atoms with Gasteiger partial charge < -0.3 is 10.1 Å². The molecule has 140 valence electrons. The normalized spacial score (nSPS) is 11.4. The highest BCUT2D eigenvalue weighted by Gasteiger charge is 2.19. The van der Waals surface area contributed by atoms with Gasteiger partial charge in [0.2, 0.25) is 10.0 Å². The summed E-state index contributed by atoms with van der Waals surface area (Å²) in [6.07, 6.45) is 1.14. The number of carbonyl (C=O) groups excluding carboxylic acids is 1. The molecule has 0 unspecified atom stereocenters. The van der Waals surface area contributed by atoms with Gasteiger partial charge in [-0.25, -0.2) is 8.42 Å². The Morgan fingerprint density at radius 2 is 1.92 bits per heavy atom. The Hall–Kier alpha value is -2.09. The van der Waals surface area contributed by atoms with Crippen molar-refractivity contribution in [2.45, 2.75) is 6.54 Å². The van der Waals surface area contributed by atoms with E-state index in [0.29, 0.717) is 16.3 Å². The molecule has 0 aliphatic carbocycles. The number of amides is 1. The number of carbonyl (C=O) groups is 1. The fourth-order valence-electron chi connectivity index (χ4n) is 2.41. The standard InChI is InChI=1S/C18H21ClN2O4S/c1-25-17-9-4-3-6-15(17)13-21(26(2,23)24)11-10-20-18(22)14-7-5-8-16(19)12-14/h3-9,12H,10-11,13H2,1-2H3,(H,20,22). The summed E-state index contributed by atoms with van der Waals surface area (Å²) in [7, 11) is -1.92. The van der Waals surface area contributed by atoms with Gasteiger partial charge in [-0.15, -0.1) is 0 Å². The molecule has 0 fully saturated rings. The third-order valence-electron chi connectivity index (χ3n) is 3.74. The van der Waals surface area contributed by atoms with Crippen LogP contribution in [0.4, 0.5) is 0 Å². The van der Waals surface area contributed by atoms with Crippen LogP contribution in [0.15, 0.2) is 48.5 Å². The number of rotatable bonds is 8. The molecule has 0 saturated heterocycles. The molecular weight excluding hydrogens is 376 g/mol. The van der Waals surface area contributed by atoms with Crippen LogP contribution in [0.5, 0.6) is 5.75 Å². The van der Waals surface area contributed by atoms with Crippen molar-refractivity contribution in [3.8, 4) is 5.75 Å². The summed E-state index contributed by atoms with van der Waals surface area (Å²) in [6.45, 7) is 0.479. The Morgan fingerprint density at radius 1 is 1.19 bits per heavy atom. The van der Waals surface area contributed by atoms with Crippen molar-refractivity contribution in [1.82, 2.24) is 9.62 Å². The monoisotopic (exact) mass is 396 g/mol. The smallest absolute Gasteiger partial charge is 0.251 e. The molecule has 0 radical (unpaired) electrons. The maximum absolute atomic E-state index is 12.1. The first kappa shape index (κ1) is 20.2. The Morgan fingerprint density at radius 3 is 2.58 bits per heavy atom. The number of nitrogens with zero attached hydrogens (tertiary/aromatic N) is 1. The Kier molecular flexibility index (Phi) is 7.02. The van der Waals surface area contributed by atoms with Crippen LogP contribution in [-0.2, 0) is 16.6 Å². The van der Waals surface area contributed by atoms with Gasteiger partial charge >= 0.3 is 0 Å². The van der Waals surface area contributed by atoms with Crippen LogP contribution >= 0.6 is 11.6 Å². The minimum absolute atomic E-state index is 0.142. The second-order valence-electron chi connectivity index (χ2n) is 5.67. The summed E-state index contributed by atoms with van der Waals surface area (Å²) in [6, 6.07) is 13.8. The van der Waals surface area contributed by atoms with E-state index in [1.165, 1.54) is 11.4 Å². The number of halogens is 1. The average Bonchev–Trinajstić information content (AvgIpc) is 2.60. The van der Waals surface area contributed by atoms with Crippen molar-refractivity contribution in [2.75, 3.05) is 26.5 Å². The molecule has 2 aromatic rings. The molecule has 0 aliphatic rings. The maximum Gasteiger partial charge on any atom is 0.251 e. The largest absolute Gasteiger partial charge is 0.496 e. The highest BCUT2D eigenvalue weighted by atomic mass is 35.5. The molecule has 0 spiro atoms. The van der Waals surface area contributed by atoms with E-state index in [9.17, 15) is 13.2 Å². The molecule has 1 amide bonds. The Balaban J connectivity index is 2.02. The van der Waals surface area contributed by atoms with E-state index in [0.717, 1.165) is 11.8 Å².